The van der Waals surface area contributed by atoms with Crippen LogP contribution in [0.5, 0.6) is 0 Å². The van der Waals surface area contributed by atoms with E-state index >= 15 is 0 Å². The third-order valence-corrected chi connectivity index (χ3v) is 6.56. The van der Waals surface area contributed by atoms with Crippen molar-refractivity contribution in [3.05, 3.63) is 41.5 Å². The molecular formula is C20H30N4O3S. The van der Waals surface area contributed by atoms with Crippen molar-refractivity contribution >= 4 is 10.0 Å². The second kappa shape index (κ2) is 9.62. The Kier molecular flexibility index (Phi) is 7.20. The zero-order valence-corrected chi connectivity index (χ0v) is 17.5. The van der Waals surface area contributed by atoms with E-state index in [4.69, 9.17) is 4.52 Å². The van der Waals surface area contributed by atoms with Gasteiger partial charge < -0.3 is 4.52 Å². The number of likely N-dealkylation sites (tertiary alicyclic amines) is 1. The van der Waals surface area contributed by atoms with Gasteiger partial charge in [-0.15, -0.1) is 0 Å². The van der Waals surface area contributed by atoms with E-state index in [1.165, 1.54) is 0 Å². The lowest BCUT2D eigenvalue weighted by molar-refractivity contribution is 0.151. The quantitative estimate of drug-likeness (QED) is 0.689. The Morgan fingerprint density at radius 1 is 1.29 bits per heavy atom. The fraction of sp³-hybridized carbons (Fsp3) is 0.600. The summed E-state index contributed by atoms with van der Waals surface area (Å²) in [6, 6.07) is 6.93. The summed E-state index contributed by atoms with van der Waals surface area (Å²) < 4.78 is 33.1. The second-order valence-electron chi connectivity index (χ2n) is 7.62. The Hall–Kier alpha value is -1.77. The fourth-order valence-electron chi connectivity index (χ4n) is 3.47. The molecule has 1 unspecified atom stereocenters. The van der Waals surface area contributed by atoms with Crippen molar-refractivity contribution in [2.75, 3.05) is 19.6 Å². The van der Waals surface area contributed by atoms with Gasteiger partial charge in [-0.1, -0.05) is 36.2 Å². The van der Waals surface area contributed by atoms with E-state index in [2.05, 4.69) is 26.7 Å². The van der Waals surface area contributed by atoms with Crippen LogP contribution < -0.4 is 4.72 Å². The van der Waals surface area contributed by atoms with Gasteiger partial charge in [0.05, 0.1) is 11.4 Å². The highest BCUT2D eigenvalue weighted by atomic mass is 32.2. The standard InChI is InChI=1S/C20H30N4O3S/c1-3-4-7-19-22-20(27-23-19)15-24-12-5-6-17(14-24)13-21-28(25,26)18-10-8-16(2)9-11-18/h8-11,17,21H,3-7,12-15H2,1-2H3. The molecule has 1 aliphatic heterocycles. The van der Waals surface area contributed by atoms with E-state index in [0.29, 0.717) is 23.9 Å². The number of hydrogen-bond donors (Lipinski definition) is 1. The fourth-order valence-corrected chi connectivity index (χ4v) is 4.59. The molecule has 1 aliphatic rings. The number of benzene rings is 1. The molecule has 0 amide bonds. The molecule has 8 heteroatoms. The van der Waals surface area contributed by atoms with E-state index in [9.17, 15) is 8.42 Å². The summed E-state index contributed by atoms with van der Waals surface area (Å²) in [5.41, 5.74) is 1.04. The van der Waals surface area contributed by atoms with Crippen LogP contribution in [-0.4, -0.2) is 43.1 Å². The minimum atomic E-state index is -3.47. The first-order chi connectivity index (χ1) is 13.5. The molecule has 3 rings (SSSR count). The van der Waals surface area contributed by atoms with E-state index < -0.39 is 10.0 Å². The summed E-state index contributed by atoms with van der Waals surface area (Å²) >= 11 is 0. The lowest BCUT2D eigenvalue weighted by Gasteiger charge is -2.31. The van der Waals surface area contributed by atoms with Crippen LogP contribution in [0.1, 0.15) is 49.9 Å². The van der Waals surface area contributed by atoms with Gasteiger partial charge in [-0.25, -0.2) is 13.1 Å². The van der Waals surface area contributed by atoms with Gasteiger partial charge in [-0.05, 0) is 50.8 Å². The molecule has 154 valence electrons. The summed E-state index contributed by atoms with van der Waals surface area (Å²) in [5, 5.41) is 4.04. The summed E-state index contributed by atoms with van der Waals surface area (Å²) in [7, 11) is -3.47. The second-order valence-corrected chi connectivity index (χ2v) is 9.38. The SMILES string of the molecule is CCCCc1noc(CN2CCCC(CNS(=O)(=O)c3ccc(C)cc3)C2)n1. The minimum absolute atomic E-state index is 0.274. The zero-order valence-electron chi connectivity index (χ0n) is 16.7. The van der Waals surface area contributed by atoms with Crippen molar-refractivity contribution in [1.29, 1.82) is 0 Å². The van der Waals surface area contributed by atoms with Crippen LogP contribution in [0.25, 0.3) is 0 Å². The Bertz CT molecular complexity index is 849. The average Bonchev–Trinajstić information content (AvgIpc) is 3.13. The van der Waals surface area contributed by atoms with Crippen LogP contribution in [-0.2, 0) is 23.0 Å². The molecule has 1 aromatic heterocycles. The van der Waals surface area contributed by atoms with Gasteiger partial charge in [-0.3, -0.25) is 4.90 Å². The molecule has 1 aromatic carbocycles. The highest BCUT2D eigenvalue weighted by molar-refractivity contribution is 7.89. The lowest BCUT2D eigenvalue weighted by Crippen LogP contribution is -2.40. The summed E-state index contributed by atoms with van der Waals surface area (Å²) in [5.74, 6) is 1.69. The number of nitrogens with one attached hydrogen (secondary N) is 1. The van der Waals surface area contributed by atoms with Crippen molar-refractivity contribution in [2.24, 2.45) is 5.92 Å². The van der Waals surface area contributed by atoms with Gasteiger partial charge in [-0.2, -0.15) is 4.98 Å². The van der Waals surface area contributed by atoms with Crippen LogP contribution in [0.2, 0.25) is 0 Å². The number of unbranched alkanes of at least 4 members (excludes halogenated alkanes) is 1. The molecule has 2 aromatic rings. The van der Waals surface area contributed by atoms with Crippen LogP contribution in [0.3, 0.4) is 0 Å². The Balaban J connectivity index is 1.50. The van der Waals surface area contributed by atoms with Crippen LogP contribution >= 0.6 is 0 Å². The monoisotopic (exact) mass is 406 g/mol. The van der Waals surface area contributed by atoms with Crippen LogP contribution in [0.15, 0.2) is 33.7 Å². The van der Waals surface area contributed by atoms with Crippen LogP contribution in [0, 0.1) is 12.8 Å². The van der Waals surface area contributed by atoms with Crippen molar-refractivity contribution in [1.82, 2.24) is 19.8 Å². The highest BCUT2D eigenvalue weighted by Crippen LogP contribution is 2.19. The summed E-state index contributed by atoms with van der Waals surface area (Å²) in [6.45, 7) is 6.94. The van der Waals surface area contributed by atoms with Gasteiger partial charge in [0.1, 0.15) is 0 Å². The molecule has 28 heavy (non-hydrogen) atoms. The first kappa shape index (κ1) is 21.0. The third kappa shape index (κ3) is 5.86. The smallest absolute Gasteiger partial charge is 0.240 e. The first-order valence-electron chi connectivity index (χ1n) is 10.1. The number of rotatable bonds is 9. The number of aryl methyl sites for hydroxylation is 2. The molecule has 0 aliphatic carbocycles. The molecule has 2 heterocycles. The van der Waals surface area contributed by atoms with Crippen molar-refractivity contribution in [3.8, 4) is 0 Å². The highest BCUT2D eigenvalue weighted by Gasteiger charge is 2.24. The van der Waals surface area contributed by atoms with E-state index in [1.54, 1.807) is 12.1 Å². The third-order valence-electron chi connectivity index (χ3n) is 5.12. The van der Waals surface area contributed by atoms with E-state index in [-0.39, 0.29) is 5.92 Å². The number of sulfonamides is 1. The molecule has 0 saturated carbocycles. The van der Waals surface area contributed by atoms with Crippen molar-refractivity contribution in [2.45, 2.75) is 57.4 Å². The normalized spacial score (nSPS) is 18.4. The maximum atomic E-state index is 12.5. The molecule has 1 fully saturated rings. The maximum Gasteiger partial charge on any atom is 0.240 e. The average molecular weight is 407 g/mol. The van der Waals surface area contributed by atoms with Gasteiger partial charge in [0, 0.05) is 19.5 Å². The lowest BCUT2D eigenvalue weighted by atomic mass is 9.98. The molecule has 1 saturated heterocycles. The Morgan fingerprint density at radius 2 is 2.07 bits per heavy atom. The Labute approximate surface area is 167 Å². The van der Waals surface area contributed by atoms with Crippen LogP contribution in [0.4, 0.5) is 0 Å². The summed E-state index contributed by atoms with van der Waals surface area (Å²) in [6.07, 6.45) is 5.07. The van der Waals surface area contributed by atoms with E-state index in [0.717, 1.165) is 56.6 Å². The number of aromatic nitrogens is 2. The Morgan fingerprint density at radius 3 is 2.82 bits per heavy atom. The minimum Gasteiger partial charge on any atom is -0.338 e. The zero-order chi connectivity index (χ0) is 20.0. The molecule has 1 N–H and O–H groups in total. The molecular weight excluding hydrogens is 376 g/mol. The van der Waals surface area contributed by atoms with Gasteiger partial charge in [0.2, 0.25) is 15.9 Å². The topological polar surface area (TPSA) is 88.3 Å². The van der Waals surface area contributed by atoms with E-state index in [1.807, 2.05) is 19.1 Å². The largest absolute Gasteiger partial charge is 0.338 e. The molecule has 0 spiro atoms. The predicted octanol–water partition coefficient (Wildman–Crippen LogP) is 2.91. The number of piperidine rings is 1. The maximum absolute atomic E-state index is 12.5. The molecule has 0 radical (unpaired) electrons. The van der Waals surface area contributed by atoms with Gasteiger partial charge >= 0.3 is 0 Å². The van der Waals surface area contributed by atoms with Gasteiger partial charge in [0.15, 0.2) is 5.82 Å². The number of hydrogen-bond acceptors (Lipinski definition) is 6. The summed E-state index contributed by atoms with van der Waals surface area (Å²) in [4.78, 5) is 7.05. The van der Waals surface area contributed by atoms with Crippen molar-refractivity contribution < 1.29 is 12.9 Å². The van der Waals surface area contributed by atoms with Crippen molar-refractivity contribution in [3.63, 3.8) is 0 Å². The predicted molar refractivity (Wildman–Crippen MR) is 107 cm³/mol. The molecule has 0 bridgehead atoms. The molecule has 1 atom stereocenters. The first-order valence-corrected chi connectivity index (χ1v) is 11.5. The number of nitrogens with zero attached hydrogens (tertiary/aromatic N) is 3. The molecule has 7 nitrogen and oxygen atoms in total. The van der Waals surface area contributed by atoms with Gasteiger partial charge in [0.25, 0.3) is 0 Å².